The Morgan fingerprint density at radius 3 is 2.32 bits per heavy atom. The van der Waals surface area contributed by atoms with E-state index in [1.807, 2.05) is 31.2 Å². The van der Waals surface area contributed by atoms with Crippen molar-refractivity contribution in [3.63, 3.8) is 0 Å². The quantitative estimate of drug-likeness (QED) is 0.497. The number of esters is 1. The number of amides is 2. The van der Waals surface area contributed by atoms with E-state index in [4.69, 9.17) is 9.26 Å². The van der Waals surface area contributed by atoms with Crippen LogP contribution in [0.1, 0.15) is 32.2 Å². The van der Waals surface area contributed by atoms with Gasteiger partial charge >= 0.3 is 5.97 Å². The van der Waals surface area contributed by atoms with Crippen molar-refractivity contribution >= 4 is 17.8 Å². The molecule has 0 unspecified atom stereocenters. The second-order valence-electron chi connectivity index (χ2n) is 6.28. The number of fused-ring (bicyclic) bond motifs is 1. The fourth-order valence-electron chi connectivity index (χ4n) is 2.83. The zero-order valence-corrected chi connectivity index (χ0v) is 14.9. The lowest BCUT2D eigenvalue weighted by Crippen LogP contribution is -2.35. The summed E-state index contributed by atoms with van der Waals surface area (Å²) in [6, 6.07) is 14.0. The minimum absolute atomic E-state index is 0.117. The van der Waals surface area contributed by atoms with Gasteiger partial charge in [0, 0.05) is 5.56 Å². The normalized spacial score (nSPS) is 13.0. The van der Waals surface area contributed by atoms with Crippen LogP contribution in [0.15, 0.2) is 53.1 Å². The largest absolute Gasteiger partial charge is 0.454 e. The van der Waals surface area contributed by atoms with Gasteiger partial charge in [-0.25, -0.2) is 0 Å². The van der Waals surface area contributed by atoms with Gasteiger partial charge in [-0.1, -0.05) is 47.1 Å². The van der Waals surface area contributed by atoms with Crippen LogP contribution in [-0.2, 0) is 16.1 Å². The molecule has 0 fully saturated rings. The third kappa shape index (κ3) is 3.27. The van der Waals surface area contributed by atoms with E-state index in [1.54, 1.807) is 24.3 Å². The van der Waals surface area contributed by atoms with Gasteiger partial charge in [-0.15, -0.1) is 0 Å². The first-order chi connectivity index (χ1) is 13.5. The lowest BCUT2D eigenvalue weighted by Gasteiger charge is -2.12. The molecule has 2 heterocycles. The molecule has 0 saturated heterocycles. The van der Waals surface area contributed by atoms with Crippen LogP contribution in [0.3, 0.4) is 0 Å². The molecule has 140 valence electrons. The van der Waals surface area contributed by atoms with Crippen molar-refractivity contribution in [2.24, 2.45) is 0 Å². The number of hydrogen-bond acceptors (Lipinski definition) is 7. The first kappa shape index (κ1) is 17.6. The fourth-order valence-corrected chi connectivity index (χ4v) is 2.83. The Morgan fingerprint density at radius 1 is 1.04 bits per heavy atom. The summed E-state index contributed by atoms with van der Waals surface area (Å²) in [5.41, 5.74) is 2.44. The van der Waals surface area contributed by atoms with E-state index >= 15 is 0 Å². The molecule has 2 amide bonds. The second-order valence-corrected chi connectivity index (χ2v) is 6.28. The van der Waals surface area contributed by atoms with Gasteiger partial charge in [0.1, 0.15) is 6.54 Å². The molecule has 0 atom stereocenters. The van der Waals surface area contributed by atoms with E-state index in [9.17, 15) is 14.4 Å². The number of imide groups is 1. The Balaban J connectivity index is 1.36. The summed E-state index contributed by atoms with van der Waals surface area (Å²) in [7, 11) is 0. The third-order valence-electron chi connectivity index (χ3n) is 4.30. The standard InChI is InChI=1S/C20H15N3O5/c1-12-6-8-13(9-7-12)18-21-16(28-22-18)11-27-17(24)10-23-19(25)14-4-2-3-5-15(14)20(23)26/h2-9H,10-11H2,1H3. The highest BCUT2D eigenvalue weighted by Crippen LogP contribution is 2.22. The molecule has 1 aromatic heterocycles. The zero-order chi connectivity index (χ0) is 19.7. The van der Waals surface area contributed by atoms with Crippen LogP contribution < -0.4 is 0 Å². The first-order valence-corrected chi connectivity index (χ1v) is 8.53. The van der Waals surface area contributed by atoms with E-state index < -0.39 is 24.3 Å². The van der Waals surface area contributed by atoms with Gasteiger partial charge in [-0.05, 0) is 19.1 Å². The number of rotatable bonds is 5. The smallest absolute Gasteiger partial charge is 0.326 e. The molecule has 0 N–H and O–H groups in total. The maximum absolute atomic E-state index is 12.3. The molecule has 0 bridgehead atoms. The van der Waals surface area contributed by atoms with E-state index in [2.05, 4.69) is 10.1 Å². The predicted octanol–water partition coefficient (Wildman–Crippen LogP) is 2.38. The molecule has 1 aliphatic heterocycles. The van der Waals surface area contributed by atoms with Crippen LogP contribution in [0.25, 0.3) is 11.4 Å². The number of aryl methyl sites for hydroxylation is 1. The van der Waals surface area contributed by atoms with Crippen molar-refractivity contribution in [1.29, 1.82) is 0 Å². The summed E-state index contributed by atoms with van der Waals surface area (Å²) in [6.07, 6.45) is 0. The molecular weight excluding hydrogens is 362 g/mol. The Bertz CT molecular complexity index is 1040. The molecule has 8 nitrogen and oxygen atoms in total. The number of nitrogens with zero attached hydrogens (tertiary/aromatic N) is 3. The number of hydrogen-bond donors (Lipinski definition) is 0. The summed E-state index contributed by atoms with van der Waals surface area (Å²) in [5, 5.41) is 3.85. The van der Waals surface area contributed by atoms with Gasteiger partial charge in [-0.3, -0.25) is 19.3 Å². The third-order valence-corrected chi connectivity index (χ3v) is 4.30. The average molecular weight is 377 g/mol. The van der Waals surface area contributed by atoms with Crippen LogP contribution in [0, 0.1) is 6.92 Å². The highest BCUT2D eigenvalue weighted by Gasteiger charge is 2.36. The van der Waals surface area contributed by atoms with Crippen molar-refractivity contribution in [1.82, 2.24) is 15.0 Å². The molecule has 0 aliphatic carbocycles. The van der Waals surface area contributed by atoms with Crippen LogP contribution >= 0.6 is 0 Å². The van der Waals surface area contributed by atoms with Crippen LogP contribution in [0.2, 0.25) is 0 Å². The number of carbonyl (C=O) groups is 3. The van der Waals surface area contributed by atoms with E-state index in [-0.39, 0.29) is 23.6 Å². The number of benzene rings is 2. The van der Waals surface area contributed by atoms with Gasteiger partial charge in [0.15, 0.2) is 6.61 Å². The van der Waals surface area contributed by atoms with Crippen LogP contribution in [0.5, 0.6) is 0 Å². The van der Waals surface area contributed by atoms with Crippen molar-refractivity contribution in [3.05, 3.63) is 71.1 Å². The summed E-state index contributed by atoms with van der Waals surface area (Å²) < 4.78 is 10.1. The van der Waals surface area contributed by atoms with Gasteiger partial charge < -0.3 is 9.26 Å². The van der Waals surface area contributed by atoms with E-state index in [0.29, 0.717) is 5.82 Å². The minimum Gasteiger partial charge on any atom is -0.454 e. The van der Waals surface area contributed by atoms with Crippen molar-refractivity contribution in [2.45, 2.75) is 13.5 Å². The Morgan fingerprint density at radius 2 is 1.68 bits per heavy atom. The second kappa shape index (κ2) is 7.07. The van der Waals surface area contributed by atoms with Gasteiger partial charge in [-0.2, -0.15) is 4.98 Å². The molecule has 0 saturated carbocycles. The number of carbonyl (C=O) groups excluding carboxylic acids is 3. The Labute approximate surface area is 159 Å². The SMILES string of the molecule is Cc1ccc(-c2noc(COC(=O)CN3C(=O)c4ccccc4C3=O)n2)cc1. The molecule has 4 rings (SSSR count). The molecule has 2 aromatic carbocycles. The molecule has 0 radical (unpaired) electrons. The van der Waals surface area contributed by atoms with Gasteiger partial charge in [0.05, 0.1) is 11.1 Å². The Hall–Kier alpha value is -3.81. The van der Waals surface area contributed by atoms with Gasteiger partial charge in [0.25, 0.3) is 17.7 Å². The first-order valence-electron chi connectivity index (χ1n) is 8.53. The Kier molecular flexibility index (Phi) is 4.44. The highest BCUT2D eigenvalue weighted by molar-refractivity contribution is 6.22. The molecular formula is C20H15N3O5. The summed E-state index contributed by atoms with van der Waals surface area (Å²) >= 11 is 0. The van der Waals surface area contributed by atoms with Crippen molar-refractivity contribution < 1.29 is 23.6 Å². The molecule has 3 aromatic rings. The number of aromatic nitrogens is 2. The maximum atomic E-state index is 12.3. The molecule has 8 heteroatoms. The summed E-state index contributed by atoms with van der Waals surface area (Å²) in [6.45, 7) is 1.24. The van der Waals surface area contributed by atoms with Crippen LogP contribution in [-0.4, -0.2) is 39.4 Å². The van der Waals surface area contributed by atoms with Crippen LogP contribution in [0.4, 0.5) is 0 Å². The summed E-state index contributed by atoms with van der Waals surface area (Å²) in [5.74, 6) is -1.28. The lowest BCUT2D eigenvalue weighted by atomic mass is 10.1. The minimum atomic E-state index is -0.746. The monoisotopic (exact) mass is 377 g/mol. The fraction of sp³-hybridized carbons (Fsp3) is 0.150. The molecule has 1 aliphatic rings. The highest BCUT2D eigenvalue weighted by atomic mass is 16.6. The molecule has 0 spiro atoms. The van der Waals surface area contributed by atoms with Gasteiger partial charge in [0.2, 0.25) is 5.82 Å². The maximum Gasteiger partial charge on any atom is 0.326 e. The topological polar surface area (TPSA) is 103 Å². The summed E-state index contributed by atoms with van der Waals surface area (Å²) in [4.78, 5) is 41.6. The predicted molar refractivity (Wildman–Crippen MR) is 96.1 cm³/mol. The van der Waals surface area contributed by atoms with Crippen molar-refractivity contribution in [2.75, 3.05) is 6.54 Å². The van der Waals surface area contributed by atoms with Crippen molar-refractivity contribution in [3.8, 4) is 11.4 Å². The zero-order valence-electron chi connectivity index (χ0n) is 14.9. The lowest BCUT2D eigenvalue weighted by molar-refractivity contribution is -0.146. The van der Waals surface area contributed by atoms with E-state index in [1.165, 1.54) is 0 Å². The molecule has 28 heavy (non-hydrogen) atoms. The van der Waals surface area contributed by atoms with E-state index in [0.717, 1.165) is 16.0 Å². The number of ether oxygens (including phenoxy) is 1. The average Bonchev–Trinajstić information content (AvgIpc) is 3.27.